The van der Waals surface area contributed by atoms with Crippen LogP contribution < -0.4 is 10.1 Å². The van der Waals surface area contributed by atoms with E-state index in [0.29, 0.717) is 5.75 Å². The van der Waals surface area contributed by atoms with Gasteiger partial charge in [0.25, 0.3) is 0 Å². The zero-order valence-corrected chi connectivity index (χ0v) is 19.0. The highest BCUT2D eigenvalue weighted by molar-refractivity contribution is 6.27. The average molecular weight is 443 g/mol. The van der Waals surface area contributed by atoms with Gasteiger partial charge in [0, 0.05) is 11.6 Å². The van der Waals surface area contributed by atoms with Gasteiger partial charge in [0.1, 0.15) is 17.7 Å². The molecule has 1 fully saturated rings. The number of alkyl halides is 1. The predicted octanol–water partition coefficient (Wildman–Crippen LogP) is 4.76. The molecular weight excluding hydrogens is 412 g/mol. The van der Waals surface area contributed by atoms with Gasteiger partial charge >= 0.3 is 0 Å². The van der Waals surface area contributed by atoms with Crippen molar-refractivity contribution in [1.29, 1.82) is 0 Å². The summed E-state index contributed by atoms with van der Waals surface area (Å²) in [6.07, 6.45) is 5.39. The Labute approximate surface area is 189 Å². The summed E-state index contributed by atoms with van der Waals surface area (Å²) < 4.78 is 5.48. The zero-order chi connectivity index (χ0) is 22.2. The Kier molecular flexibility index (Phi) is 8.35. The van der Waals surface area contributed by atoms with E-state index in [1.165, 1.54) is 6.42 Å². The maximum atomic E-state index is 13.6. The molecule has 1 atom stereocenters. The molecule has 31 heavy (non-hydrogen) atoms. The van der Waals surface area contributed by atoms with Crippen molar-refractivity contribution in [2.24, 2.45) is 0 Å². The summed E-state index contributed by atoms with van der Waals surface area (Å²) >= 11 is 6.00. The van der Waals surface area contributed by atoms with Crippen molar-refractivity contribution >= 4 is 23.4 Å². The maximum absolute atomic E-state index is 13.6. The summed E-state index contributed by atoms with van der Waals surface area (Å²) in [5.74, 6) is 0.0223. The van der Waals surface area contributed by atoms with Gasteiger partial charge in [-0.1, -0.05) is 61.7 Å². The lowest BCUT2D eigenvalue weighted by molar-refractivity contribution is -0.140. The molecule has 2 aromatic carbocycles. The van der Waals surface area contributed by atoms with E-state index in [1.54, 1.807) is 12.0 Å². The first-order valence-electron chi connectivity index (χ1n) is 10.9. The van der Waals surface area contributed by atoms with Crippen LogP contribution in [0.1, 0.15) is 54.8 Å². The van der Waals surface area contributed by atoms with Gasteiger partial charge in [-0.3, -0.25) is 9.59 Å². The first-order chi connectivity index (χ1) is 15.0. The number of amides is 2. The fourth-order valence-electron chi connectivity index (χ4n) is 4.29. The number of methoxy groups -OCH3 is 1. The third kappa shape index (κ3) is 5.79. The lowest BCUT2D eigenvalue weighted by Crippen LogP contribution is -2.47. The van der Waals surface area contributed by atoms with Crippen LogP contribution in [0.5, 0.6) is 5.75 Å². The van der Waals surface area contributed by atoms with Crippen LogP contribution in [0, 0.1) is 6.92 Å². The third-order valence-electron chi connectivity index (χ3n) is 5.96. The number of para-hydroxylation sites is 1. The molecule has 0 radical (unpaired) electrons. The van der Waals surface area contributed by atoms with E-state index in [-0.39, 0.29) is 30.3 Å². The van der Waals surface area contributed by atoms with E-state index in [2.05, 4.69) is 5.32 Å². The number of hydrogen-bond donors (Lipinski definition) is 1. The first-order valence-corrected chi connectivity index (χ1v) is 11.4. The number of ether oxygens (including phenoxy) is 1. The molecule has 2 aromatic rings. The Balaban J connectivity index is 1.99. The number of benzene rings is 2. The van der Waals surface area contributed by atoms with Gasteiger partial charge in [-0.2, -0.15) is 0 Å². The van der Waals surface area contributed by atoms with Crippen LogP contribution in [0.3, 0.4) is 0 Å². The Morgan fingerprint density at radius 2 is 1.77 bits per heavy atom. The molecule has 6 heteroatoms. The molecule has 0 heterocycles. The van der Waals surface area contributed by atoms with Gasteiger partial charge in [-0.05, 0) is 37.0 Å². The Morgan fingerprint density at radius 1 is 1.10 bits per heavy atom. The second-order valence-electron chi connectivity index (χ2n) is 8.07. The third-order valence-corrected chi connectivity index (χ3v) is 6.19. The molecule has 0 aromatic heterocycles. The van der Waals surface area contributed by atoms with Gasteiger partial charge in [-0.15, -0.1) is 11.6 Å². The minimum atomic E-state index is -0.765. The highest BCUT2D eigenvalue weighted by atomic mass is 35.5. The van der Waals surface area contributed by atoms with Gasteiger partial charge in [0.2, 0.25) is 11.8 Å². The van der Waals surface area contributed by atoms with Gasteiger partial charge in [0.05, 0.1) is 13.7 Å². The van der Waals surface area contributed by atoms with Crippen molar-refractivity contribution in [3.05, 3.63) is 65.2 Å². The first kappa shape index (κ1) is 23.1. The molecule has 3 rings (SSSR count). The van der Waals surface area contributed by atoms with Crippen LogP contribution in [0.2, 0.25) is 0 Å². The molecule has 166 valence electrons. The highest BCUT2D eigenvalue weighted by Crippen LogP contribution is 2.30. The summed E-state index contributed by atoms with van der Waals surface area (Å²) in [5.41, 5.74) is 2.59. The SMILES string of the molecule is COc1ccccc1CN(C(=O)CCl)[C@H](C(=O)NC1CCCCC1)c1ccccc1C. The summed E-state index contributed by atoms with van der Waals surface area (Å²) in [4.78, 5) is 28.2. The summed E-state index contributed by atoms with van der Waals surface area (Å²) in [7, 11) is 1.60. The van der Waals surface area contributed by atoms with Crippen LogP contribution in [-0.4, -0.2) is 35.7 Å². The topological polar surface area (TPSA) is 58.6 Å². The summed E-state index contributed by atoms with van der Waals surface area (Å²) in [5, 5.41) is 3.21. The number of aryl methyl sites for hydroxylation is 1. The van der Waals surface area contributed by atoms with Crippen LogP contribution in [0.25, 0.3) is 0 Å². The number of nitrogens with zero attached hydrogens (tertiary/aromatic N) is 1. The molecule has 1 saturated carbocycles. The smallest absolute Gasteiger partial charge is 0.247 e. The molecule has 0 unspecified atom stereocenters. The number of rotatable bonds is 8. The number of nitrogens with one attached hydrogen (secondary N) is 1. The molecule has 2 amide bonds. The number of carbonyl (C=O) groups excluding carboxylic acids is 2. The maximum Gasteiger partial charge on any atom is 0.247 e. The van der Waals surface area contributed by atoms with E-state index in [0.717, 1.165) is 42.4 Å². The molecule has 0 aliphatic heterocycles. The standard InChI is InChI=1S/C25H31ClN2O3/c1-18-10-6-8-14-21(18)24(25(30)27-20-12-4-3-5-13-20)28(23(29)16-26)17-19-11-7-9-15-22(19)31-2/h6-11,14-15,20,24H,3-5,12-13,16-17H2,1-2H3,(H,27,30)/t24-/m0/s1. The molecule has 1 N–H and O–H groups in total. The molecule has 0 saturated heterocycles. The Bertz CT molecular complexity index is 896. The van der Waals surface area contributed by atoms with Crippen LogP contribution >= 0.6 is 11.6 Å². The Morgan fingerprint density at radius 3 is 2.45 bits per heavy atom. The second kappa shape index (κ2) is 11.2. The predicted molar refractivity (Wildman–Crippen MR) is 123 cm³/mol. The number of carbonyl (C=O) groups is 2. The van der Waals surface area contributed by atoms with Crippen LogP contribution in [0.15, 0.2) is 48.5 Å². The van der Waals surface area contributed by atoms with Crippen molar-refractivity contribution in [1.82, 2.24) is 10.2 Å². The zero-order valence-electron chi connectivity index (χ0n) is 18.3. The molecule has 1 aliphatic carbocycles. The molecule has 0 bridgehead atoms. The molecule has 0 spiro atoms. The van der Waals surface area contributed by atoms with Crippen molar-refractivity contribution in [2.45, 2.75) is 57.7 Å². The monoisotopic (exact) mass is 442 g/mol. The number of halogens is 1. The van der Waals surface area contributed by atoms with E-state index in [1.807, 2.05) is 55.5 Å². The highest BCUT2D eigenvalue weighted by Gasteiger charge is 2.33. The lowest BCUT2D eigenvalue weighted by Gasteiger charge is -2.34. The largest absolute Gasteiger partial charge is 0.496 e. The quantitative estimate of drug-likeness (QED) is 0.599. The van der Waals surface area contributed by atoms with Crippen LogP contribution in [0.4, 0.5) is 0 Å². The lowest BCUT2D eigenvalue weighted by atomic mass is 9.94. The van der Waals surface area contributed by atoms with E-state index >= 15 is 0 Å². The van der Waals surface area contributed by atoms with Gasteiger partial charge in [0.15, 0.2) is 0 Å². The second-order valence-corrected chi connectivity index (χ2v) is 8.34. The van der Waals surface area contributed by atoms with E-state index in [9.17, 15) is 9.59 Å². The Hall–Kier alpha value is -2.53. The number of hydrogen-bond acceptors (Lipinski definition) is 3. The minimum Gasteiger partial charge on any atom is -0.496 e. The minimum absolute atomic E-state index is 0.145. The van der Waals surface area contributed by atoms with Crippen molar-refractivity contribution in [2.75, 3.05) is 13.0 Å². The van der Waals surface area contributed by atoms with Crippen molar-refractivity contribution < 1.29 is 14.3 Å². The summed E-state index contributed by atoms with van der Waals surface area (Å²) in [6.45, 7) is 2.19. The van der Waals surface area contributed by atoms with Crippen molar-refractivity contribution in [3.63, 3.8) is 0 Å². The fraction of sp³-hybridized carbons (Fsp3) is 0.440. The van der Waals surface area contributed by atoms with Gasteiger partial charge < -0.3 is 15.0 Å². The average Bonchev–Trinajstić information content (AvgIpc) is 2.80. The van der Waals surface area contributed by atoms with Crippen LogP contribution in [-0.2, 0) is 16.1 Å². The van der Waals surface area contributed by atoms with E-state index in [4.69, 9.17) is 16.3 Å². The molecule has 5 nitrogen and oxygen atoms in total. The van der Waals surface area contributed by atoms with Gasteiger partial charge in [-0.25, -0.2) is 0 Å². The fourth-order valence-corrected chi connectivity index (χ4v) is 4.44. The van der Waals surface area contributed by atoms with E-state index < -0.39 is 6.04 Å². The molecule has 1 aliphatic rings. The normalized spacial score (nSPS) is 15.2. The molecular formula is C25H31ClN2O3. The van der Waals surface area contributed by atoms with Crippen molar-refractivity contribution in [3.8, 4) is 5.75 Å². The summed E-state index contributed by atoms with van der Waals surface area (Å²) in [6, 6.07) is 14.6.